The Labute approximate surface area is 123 Å². The molecule has 0 aliphatic carbocycles. The zero-order chi connectivity index (χ0) is 14.4. The van der Waals surface area contributed by atoms with Crippen LogP contribution in [0.5, 0.6) is 0 Å². The number of fused-ring (bicyclic) bond motifs is 2. The van der Waals surface area contributed by atoms with Crippen LogP contribution in [0.1, 0.15) is 18.5 Å². The van der Waals surface area contributed by atoms with E-state index < -0.39 is 4.92 Å². The van der Waals surface area contributed by atoms with Crippen molar-refractivity contribution < 1.29 is 4.92 Å². The Hall–Kier alpha value is -2.42. The highest BCUT2D eigenvalue weighted by Crippen LogP contribution is 2.30. The van der Waals surface area contributed by atoms with E-state index in [4.69, 9.17) is 0 Å². The van der Waals surface area contributed by atoms with Gasteiger partial charge in [0.05, 0.1) is 0 Å². The average Bonchev–Trinajstić information content (AvgIpc) is 3.10. The van der Waals surface area contributed by atoms with Crippen LogP contribution in [-0.2, 0) is 13.0 Å². The van der Waals surface area contributed by atoms with Crippen molar-refractivity contribution in [2.45, 2.75) is 25.8 Å². The predicted molar refractivity (Wildman–Crippen MR) is 78.2 cm³/mol. The Morgan fingerprint density at radius 2 is 2.33 bits per heavy atom. The van der Waals surface area contributed by atoms with Gasteiger partial charge in [-0.1, -0.05) is 11.3 Å². The second-order valence-electron chi connectivity index (χ2n) is 4.92. The lowest BCUT2D eigenvalue weighted by Crippen LogP contribution is -2.10. The molecule has 3 aromatic heterocycles. The number of nitro groups is 1. The minimum Gasteiger partial charge on any atom is -0.358 e. The molecule has 0 unspecified atom stereocenters. The Morgan fingerprint density at radius 3 is 3.14 bits per heavy atom. The first kappa shape index (κ1) is 12.3. The smallest absolute Gasteiger partial charge is 0.358 e. The van der Waals surface area contributed by atoms with E-state index in [1.54, 1.807) is 11.6 Å². The summed E-state index contributed by atoms with van der Waals surface area (Å²) in [7, 11) is 0. The maximum absolute atomic E-state index is 11.3. The maximum Gasteiger partial charge on any atom is 0.373 e. The summed E-state index contributed by atoms with van der Waals surface area (Å²) in [5.41, 5.74) is 1.16. The van der Waals surface area contributed by atoms with E-state index in [-0.39, 0.29) is 11.6 Å². The van der Waals surface area contributed by atoms with E-state index in [9.17, 15) is 10.1 Å². The van der Waals surface area contributed by atoms with Gasteiger partial charge in [0, 0.05) is 23.7 Å². The van der Waals surface area contributed by atoms with Gasteiger partial charge < -0.3 is 15.4 Å². The molecule has 0 atom stereocenters. The summed E-state index contributed by atoms with van der Waals surface area (Å²) >= 11 is 1.36. The molecule has 21 heavy (non-hydrogen) atoms. The molecule has 108 valence electrons. The number of hydrogen-bond donors (Lipinski definition) is 1. The number of nitrogens with one attached hydrogen (secondary N) is 1. The minimum atomic E-state index is -0.426. The van der Waals surface area contributed by atoms with Crippen molar-refractivity contribution in [3.63, 3.8) is 0 Å². The van der Waals surface area contributed by atoms with Crippen LogP contribution in [0.3, 0.4) is 0 Å². The van der Waals surface area contributed by atoms with Crippen LogP contribution >= 0.6 is 11.3 Å². The predicted octanol–water partition coefficient (Wildman–Crippen LogP) is 2.58. The van der Waals surface area contributed by atoms with E-state index in [1.807, 2.05) is 10.7 Å². The highest BCUT2D eigenvalue weighted by Gasteiger charge is 2.24. The summed E-state index contributed by atoms with van der Waals surface area (Å²) in [6, 6.07) is 1.94. The number of aromatic nitrogens is 4. The van der Waals surface area contributed by atoms with Crippen LogP contribution in [0.2, 0.25) is 0 Å². The van der Waals surface area contributed by atoms with Crippen molar-refractivity contribution in [1.82, 2.24) is 19.2 Å². The van der Waals surface area contributed by atoms with E-state index in [1.165, 1.54) is 15.7 Å². The second-order valence-corrected chi connectivity index (χ2v) is 5.80. The first-order valence-corrected chi connectivity index (χ1v) is 7.54. The molecule has 0 saturated carbocycles. The number of rotatable bonds is 3. The second kappa shape index (κ2) is 4.55. The van der Waals surface area contributed by atoms with Gasteiger partial charge in [-0.2, -0.15) is 14.5 Å². The summed E-state index contributed by atoms with van der Waals surface area (Å²) in [5, 5.41) is 20.5. The van der Waals surface area contributed by atoms with Gasteiger partial charge in [-0.15, -0.1) is 0 Å². The third-order valence-corrected chi connectivity index (χ3v) is 4.33. The molecule has 9 heteroatoms. The molecular weight excluding hydrogens is 292 g/mol. The van der Waals surface area contributed by atoms with Crippen molar-refractivity contribution in [2.24, 2.45) is 0 Å². The lowest BCUT2D eigenvalue weighted by Gasteiger charge is -2.11. The van der Waals surface area contributed by atoms with Gasteiger partial charge in [-0.25, -0.2) is 0 Å². The van der Waals surface area contributed by atoms with Gasteiger partial charge in [0.2, 0.25) is 5.82 Å². The Morgan fingerprint density at radius 1 is 1.43 bits per heavy atom. The average molecular weight is 304 g/mol. The van der Waals surface area contributed by atoms with Crippen LogP contribution in [0.4, 0.5) is 17.5 Å². The Balaban J connectivity index is 1.73. The molecule has 0 radical (unpaired) electrons. The van der Waals surface area contributed by atoms with Gasteiger partial charge in [0.15, 0.2) is 5.82 Å². The number of imidazole rings is 1. The lowest BCUT2D eigenvalue weighted by molar-refractivity contribution is -0.389. The first-order valence-electron chi connectivity index (χ1n) is 6.66. The molecule has 1 N–H and O–H groups in total. The quantitative estimate of drug-likeness (QED) is 0.593. The molecule has 0 amide bonds. The Bertz CT molecular complexity index is 809. The van der Waals surface area contributed by atoms with Gasteiger partial charge in [-0.05, 0) is 24.2 Å². The number of anilines is 2. The standard InChI is InChI=1S/C12H12N6O2S/c19-18(20)11-10(14-12-16(11)5-6-21-12)13-9-7-8-3-1-2-4-17(8)15-9/h5-7H,1-4H2,(H,13,15). The molecular formula is C12H12N6O2S. The Kier molecular flexibility index (Phi) is 2.67. The summed E-state index contributed by atoms with van der Waals surface area (Å²) in [5.74, 6) is 0.792. The number of thiazole rings is 1. The molecule has 0 bridgehead atoms. The van der Waals surface area contributed by atoms with Crippen LogP contribution < -0.4 is 5.32 Å². The van der Waals surface area contributed by atoms with Crippen molar-refractivity contribution in [3.05, 3.63) is 33.5 Å². The third kappa shape index (κ3) is 1.97. The molecule has 0 spiro atoms. The third-order valence-electron chi connectivity index (χ3n) is 3.57. The number of aryl methyl sites for hydroxylation is 2. The molecule has 8 nitrogen and oxygen atoms in total. The summed E-state index contributed by atoms with van der Waals surface area (Å²) in [6.45, 7) is 0.900. The molecule has 0 fully saturated rings. The first-order chi connectivity index (χ1) is 10.2. The van der Waals surface area contributed by atoms with Crippen molar-refractivity contribution >= 4 is 33.8 Å². The van der Waals surface area contributed by atoms with Crippen molar-refractivity contribution in [3.8, 4) is 0 Å². The van der Waals surface area contributed by atoms with E-state index in [2.05, 4.69) is 15.4 Å². The topological polar surface area (TPSA) is 90.3 Å². The maximum atomic E-state index is 11.3. The van der Waals surface area contributed by atoms with Gasteiger partial charge >= 0.3 is 5.82 Å². The molecule has 0 aromatic carbocycles. The largest absolute Gasteiger partial charge is 0.373 e. The van der Waals surface area contributed by atoms with Crippen LogP contribution in [0.25, 0.3) is 4.96 Å². The zero-order valence-electron chi connectivity index (χ0n) is 11.0. The van der Waals surface area contributed by atoms with Crippen LogP contribution in [0, 0.1) is 10.1 Å². The fourth-order valence-corrected chi connectivity index (χ4v) is 3.34. The van der Waals surface area contributed by atoms with Crippen LogP contribution in [0.15, 0.2) is 17.6 Å². The van der Waals surface area contributed by atoms with Gasteiger partial charge in [0.1, 0.15) is 6.20 Å². The number of hydrogen-bond acceptors (Lipinski definition) is 6. The van der Waals surface area contributed by atoms with Crippen molar-refractivity contribution in [1.29, 1.82) is 0 Å². The van der Waals surface area contributed by atoms with Gasteiger partial charge in [-0.3, -0.25) is 4.68 Å². The molecule has 3 aromatic rings. The van der Waals surface area contributed by atoms with Crippen molar-refractivity contribution in [2.75, 3.05) is 5.32 Å². The fraction of sp³-hybridized carbons (Fsp3) is 0.333. The van der Waals surface area contributed by atoms with E-state index in [0.29, 0.717) is 10.8 Å². The normalized spacial score (nSPS) is 14.3. The summed E-state index contributed by atoms with van der Waals surface area (Å²) in [4.78, 5) is 15.7. The van der Waals surface area contributed by atoms with E-state index in [0.717, 1.165) is 31.5 Å². The zero-order valence-corrected chi connectivity index (χ0v) is 11.8. The summed E-state index contributed by atoms with van der Waals surface area (Å²) < 4.78 is 3.43. The molecule has 4 rings (SSSR count). The highest BCUT2D eigenvalue weighted by atomic mass is 32.1. The highest BCUT2D eigenvalue weighted by molar-refractivity contribution is 7.15. The minimum absolute atomic E-state index is 0.0581. The van der Waals surface area contributed by atoms with Gasteiger partial charge in [0.25, 0.3) is 4.96 Å². The number of nitrogens with zero attached hydrogens (tertiary/aromatic N) is 5. The van der Waals surface area contributed by atoms with E-state index >= 15 is 0 Å². The van der Waals surface area contributed by atoms with Crippen LogP contribution in [-0.4, -0.2) is 24.1 Å². The molecule has 4 heterocycles. The fourth-order valence-electron chi connectivity index (χ4n) is 2.63. The molecule has 1 aliphatic heterocycles. The SMILES string of the molecule is O=[N+]([O-])c1c(Nc2cc3n(n2)CCCC3)nc2sccn12. The molecule has 0 saturated heterocycles. The monoisotopic (exact) mass is 304 g/mol. The summed E-state index contributed by atoms with van der Waals surface area (Å²) in [6.07, 6.45) is 4.92. The lowest BCUT2D eigenvalue weighted by atomic mass is 10.1. The molecule has 1 aliphatic rings.